The van der Waals surface area contributed by atoms with Crippen molar-refractivity contribution in [3.8, 4) is 0 Å². The van der Waals surface area contributed by atoms with E-state index in [2.05, 4.69) is 5.10 Å². The fourth-order valence-electron chi connectivity index (χ4n) is 2.47. The molecule has 0 aliphatic heterocycles. The van der Waals surface area contributed by atoms with Crippen molar-refractivity contribution in [3.63, 3.8) is 0 Å². The summed E-state index contributed by atoms with van der Waals surface area (Å²) in [6.45, 7) is 1.94. The molecule has 0 amide bonds. The van der Waals surface area contributed by atoms with Gasteiger partial charge in [0.15, 0.2) is 5.78 Å². The third kappa shape index (κ3) is 1.99. The fourth-order valence-corrected chi connectivity index (χ4v) is 2.47. The first-order chi connectivity index (χ1) is 9.16. The summed E-state index contributed by atoms with van der Waals surface area (Å²) in [6, 6.07) is 7.40. The van der Waals surface area contributed by atoms with Crippen molar-refractivity contribution in [2.24, 2.45) is 0 Å². The number of rotatable bonds is 1. The highest BCUT2D eigenvalue weighted by molar-refractivity contribution is 6.01. The van der Waals surface area contributed by atoms with Crippen LogP contribution >= 0.6 is 0 Å². The lowest BCUT2D eigenvalue weighted by atomic mass is 9.97. The maximum Gasteiger partial charge on any atom is 0.278 e. The number of fused-ring (bicyclic) bond motifs is 1. The largest absolute Gasteiger partial charge is 0.294 e. The van der Waals surface area contributed by atoms with Crippen molar-refractivity contribution in [1.29, 1.82) is 0 Å². The number of benzene rings is 1. The number of hydrogen-bond donors (Lipinski definition) is 0. The minimum absolute atomic E-state index is 0.0875. The standard InChI is InChI=1S/C15H14N2O2/c1-10-4-2-5-11(8-10)15(19)17-13-6-3-7-14(18)12(13)9-16-17/h2,4-5,8-9H,3,6-7H2,1H3. The maximum absolute atomic E-state index is 12.4. The van der Waals surface area contributed by atoms with Crippen LogP contribution in [0.15, 0.2) is 30.5 Å². The quantitative estimate of drug-likeness (QED) is 0.785. The fraction of sp³-hybridized carbons (Fsp3) is 0.267. The average molecular weight is 254 g/mol. The molecule has 0 spiro atoms. The molecular weight excluding hydrogens is 240 g/mol. The van der Waals surface area contributed by atoms with E-state index in [-0.39, 0.29) is 11.7 Å². The first-order valence-electron chi connectivity index (χ1n) is 6.38. The molecule has 0 saturated heterocycles. The smallest absolute Gasteiger partial charge is 0.278 e. The lowest BCUT2D eigenvalue weighted by molar-refractivity contribution is 0.0939. The molecular formula is C15H14N2O2. The van der Waals surface area contributed by atoms with Crippen molar-refractivity contribution in [3.05, 3.63) is 52.8 Å². The van der Waals surface area contributed by atoms with Crippen molar-refractivity contribution >= 4 is 11.7 Å². The second-order valence-electron chi connectivity index (χ2n) is 4.87. The Morgan fingerprint density at radius 3 is 2.95 bits per heavy atom. The van der Waals surface area contributed by atoms with Gasteiger partial charge in [-0.1, -0.05) is 17.7 Å². The number of aryl methyl sites for hydroxylation is 1. The number of Topliss-reactive ketones (excluding diaryl/α,β-unsaturated/α-hetero) is 1. The van der Waals surface area contributed by atoms with Gasteiger partial charge in [0.2, 0.25) is 0 Å². The van der Waals surface area contributed by atoms with E-state index in [0.29, 0.717) is 17.5 Å². The first kappa shape index (κ1) is 11.8. The van der Waals surface area contributed by atoms with Gasteiger partial charge in [-0.25, -0.2) is 4.68 Å². The SMILES string of the molecule is Cc1cccc(C(=O)n2ncc3c2CCCC3=O)c1. The van der Waals surface area contributed by atoms with Crippen LogP contribution in [-0.4, -0.2) is 21.5 Å². The maximum atomic E-state index is 12.4. The van der Waals surface area contributed by atoms with Gasteiger partial charge in [-0.2, -0.15) is 5.10 Å². The lowest BCUT2D eigenvalue weighted by Crippen LogP contribution is -2.20. The molecule has 19 heavy (non-hydrogen) atoms. The molecule has 1 heterocycles. The molecule has 1 aromatic carbocycles. The molecule has 0 saturated carbocycles. The molecule has 4 nitrogen and oxygen atoms in total. The van der Waals surface area contributed by atoms with E-state index in [9.17, 15) is 9.59 Å². The lowest BCUT2D eigenvalue weighted by Gasteiger charge is -2.12. The molecule has 1 aliphatic carbocycles. The zero-order chi connectivity index (χ0) is 13.4. The molecule has 0 fully saturated rings. The normalized spacial score (nSPS) is 14.3. The van der Waals surface area contributed by atoms with Crippen LogP contribution in [0.2, 0.25) is 0 Å². The predicted molar refractivity (Wildman–Crippen MR) is 70.4 cm³/mol. The third-order valence-corrected chi connectivity index (χ3v) is 3.44. The van der Waals surface area contributed by atoms with Crippen LogP contribution in [0.4, 0.5) is 0 Å². The highest BCUT2D eigenvalue weighted by Crippen LogP contribution is 2.21. The molecule has 0 unspecified atom stereocenters. The molecule has 4 heteroatoms. The molecule has 2 aromatic rings. The Hall–Kier alpha value is -2.23. The van der Waals surface area contributed by atoms with Gasteiger partial charge >= 0.3 is 0 Å². The zero-order valence-electron chi connectivity index (χ0n) is 10.7. The van der Waals surface area contributed by atoms with Gasteiger partial charge < -0.3 is 0 Å². The van der Waals surface area contributed by atoms with Crippen LogP contribution < -0.4 is 0 Å². The van der Waals surface area contributed by atoms with Crippen molar-refractivity contribution < 1.29 is 9.59 Å². The van der Waals surface area contributed by atoms with Gasteiger partial charge in [0.1, 0.15) is 0 Å². The van der Waals surface area contributed by atoms with Gasteiger partial charge in [-0.3, -0.25) is 9.59 Å². The average Bonchev–Trinajstić information content (AvgIpc) is 2.83. The number of carbonyl (C=O) groups is 2. The number of nitrogens with zero attached hydrogens (tertiary/aromatic N) is 2. The van der Waals surface area contributed by atoms with Gasteiger partial charge in [0.25, 0.3) is 5.91 Å². The molecule has 96 valence electrons. The van der Waals surface area contributed by atoms with Crippen LogP contribution in [0.1, 0.15) is 44.8 Å². The van der Waals surface area contributed by atoms with E-state index >= 15 is 0 Å². The monoisotopic (exact) mass is 254 g/mol. The van der Waals surface area contributed by atoms with Crippen LogP contribution in [-0.2, 0) is 6.42 Å². The Kier molecular flexibility index (Phi) is 2.78. The van der Waals surface area contributed by atoms with Crippen LogP contribution in [0.25, 0.3) is 0 Å². The van der Waals surface area contributed by atoms with Gasteiger partial charge in [0, 0.05) is 12.0 Å². The Bertz CT molecular complexity index is 671. The number of ketones is 1. The molecule has 0 atom stereocenters. The van der Waals surface area contributed by atoms with E-state index in [0.717, 1.165) is 24.1 Å². The van der Waals surface area contributed by atoms with E-state index in [1.807, 2.05) is 25.1 Å². The van der Waals surface area contributed by atoms with E-state index < -0.39 is 0 Å². The van der Waals surface area contributed by atoms with E-state index in [4.69, 9.17) is 0 Å². The van der Waals surface area contributed by atoms with Crippen LogP contribution in [0.5, 0.6) is 0 Å². The van der Waals surface area contributed by atoms with E-state index in [1.54, 1.807) is 6.07 Å². The molecule has 0 N–H and O–H groups in total. The number of carbonyl (C=O) groups excluding carboxylic acids is 2. The summed E-state index contributed by atoms with van der Waals surface area (Å²) >= 11 is 0. The Balaban J connectivity index is 2.04. The predicted octanol–water partition coefficient (Wildman–Crippen LogP) is 2.40. The Morgan fingerprint density at radius 2 is 2.16 bits per heavy atom. The summed E-state index contributed by atoms with van der Waals surface area (Å²) in [5, 5.41) is 4.10. The summed E-state index contributed by atoms with van der Waals surface area (Å²) in [4.78, 5) is 24.2. The molecule has 0 radical (unpaired) electrons. The highest BCUT2D eigenvalue weighted by Gasteiger charge is 2.24. The summed E-state index contributed by atoms with van der Waals surface area (Å²) in [5.74, 6) is -0.0795. The Morgan fingerprint density at radius 1 is 1.32 bits per heavy atom. The molecule has 1 aromatic heterocycles. The second-order valence-corrected chi connectivity index (χ2v) is 4.87. The van der Waals surface area contributed by atoms with Gasteiger partial charge in [0.05, 0.1) is 17.5 Å². The minimum Gasteiger partial charge on any atom is -0.294 e. The first-order valence-corrected chi connectivity index (χ1v) is 6.38. The summed E-state index contributed by atoms with van der Waals surface area (Å²) < 4.78 is 1.38. The minimum atomic E-state index is -0.167. The molecule has 3 rings (SSSR count). The van der Waals surface area contributed by atoms with Crippen molar-refractivity contribution in [2.75, 3.05) is 0 Å². The molecule has 1 aliphatic rings. The highest BCUT2D eigenvalue weighted by atomic mass is 16.2. The zero-order valence-corrected chi connectivity index (χ0v) is 10.7. The number of aromatic nitrogens is 2. The Labute approximate surface area is 111 Å². The van der Waals surface area contributed by atoms with Crippen LogP contribution in [0.3, 0.4) is 0 Å². The number of hydrogen-bond acceptors (Lipinski definition) is 3. The topological polar surface area (TPSA) is 52.0 Å². The summed E-state index contributed by atoms with van der Waals surface area (Å²) in [7, 11) is 0. The van der Waals surface area contributed by atoms with Crippen molar-refractivity contribution in [1.82, 2.24) is 9.78 Å². The molecule has 0 bridgehead atoms. The second kappa shape index (κ2) is 4.46. The summed E-state index contributed by atoms with van der Waals surface area (Å²) in [6.07, 6.45) is 3.60. The van der Waals surface area contributed by atoms with Gasteiger partial charge in [-0.15, -0.1) is 0 Å². The van der Waals surface area contributed by atoms with Crippen molar-refractivity contribution in [2.45, 2.75) is 26.2 Å². The van der Waals surface area contributed by atoms with Gasteiger partial charge in [-0.05, 0) is 31.9 Å². The van der Waals surface area contributed by atoms with Crippen LogP contribution in [0, 0.1) is 6.92 Å². The third-order valence-electron chi connectivity index (χ3n) is 3.44. The summed E-state index contributed by atoms with van der Waals surface area (Å²) in [5.41, 5.74) is 2.99. The van der Waals surface area contributed by atoms with E-state index in [1.165, 1.54) is 10.9 Å².